The standard InChI is InChI=1S/C13H16N4OS/c1-2-6-16-12(18)11-10(15)9(7-14)13(19-11)17-8-4-3-5-8/h2,8,17H,1,3-6,15H2,(H,16,18). The molecule has 0 bridgehead atoms. The van der Waals surface area contributed by atoms with Gasteiger partial charge in [0, 0.05) is 12.6 Å². The number of nitrogen functional groups attached to an aromatic ring is 1. The van der Waals surface area contributed by atoms with Crippen molar-refractivity contribution >= 4 is 27.9 Å². The third-order valence-electron chi connectivity index (χ3n) is 3.11. The van der Waals surface area contributed by atoms with Crippen LogP contribution in [0.4, 0.5) is 10.7 Å². The fraction of sp³-hybridized carbons (Fsp3) is 0.385. The Labute approximate surface area is 116 Å². The number of nitrogens with zero attached hydrogens (tertiary/aromatic N) is 1. The quantitative estimate of drug-likeness (QED) is 0.718. The first-order valence-electron chi connectivity index (χ1n) is 6.15. The highest BCUT2D eigenvalue weighted by atomic mass is 32.1. The molecule has 1 saturated carbocycles. The molecular weight excluding hydrogens is 260 g/mol. The van der Waals surface area contributed by atoms with Crippen molar-refractivity contribution in [2.24, 2.45) is 0 Å². The number of nitrogens with two attached hydrogens (primary N) is 1. The maximum absolute atomic E-state index is 11.9. The Morgan fingerprint density at radius 3 is 2.89 bits per heavy atom. The number of carbonyl (C=O) groups is 1. The molecule has 0 aliphatic heterocycles. The SMILES string of the molecule is C=CCNC(=O)c1sc(NC2CCC2)c(C#N)c1N. The van der Waals surface area contributed by atoms with Gasteiger partial charge in [0.2, 0.25) is 0 Å². The number of carbonyl (C=O) groups excluding carboxylic acids is 1. The second kappa shape index (κ2) is 5.76. The van der Waals surface area contributed by atoms with Gasteiger partial charge in [0.15, 0.2) is 0 Å². The summed E-state index contributed by atoms with van der Waals surface area (Å²) < 4.78 is 0. The van der Waals surface area contributed by atoms with E-state index in [0.717, 1.165) is 12.8 Å². The number of nitrogens with one attached hydrogen (secondary N) is 2. The lowest BCUT2D eigenvalue weighted by atomic mass is 9.93. The van der Waals surface area contributed by atoms with Crippen LogP contribution in [0.3, 0.4) is 0 Å². The molecule has 5 nitrogen and oxygen atoms in total. The molecular formula is C13H16N4OS. The number of hydrogen-bond donors (Lipinski definition) is 3. The van der Waals surface area contributed by atoms with Gasteiger partial charge in [-0.15, -0.1) is 17.9 Å². The molecule has 19 heavy (non-hydrogen) atoms. The van der Waals surface area contributed by atoms with Crippen molar-refractivity contribution in [1.29, 1.82) is 5.26 Å². The van der Waals surface area contributed by atoms with Crippen molar-refractivity contribution in [3.05, 3.63) is 23.1 Å². The van der Waals surface area contributed by atoms with Crippen LogP contribution in [0.1, 0.15) is 34.5 Å². The van der Waals surface area contributed by atoms with Crippen LogP contribution in [0.5, 0.6) is 0 Å². The van der Waals surface area contributed by atoms with Crippen molar-refractivity contribution in [1.82, 2.24) is 5.32 Å². The number of anilines is 2. The minimum atomic E-state index is -0.263. The van der Waals surface area contributed by atoms with Crippen molar-refractivity contribution < 1.29 is 4.79 Å². The van der Waals surface area contributed by atoms with Gasteiger partial charge in [0.1, 0.15) is 21.5 Å². The van der Waals surface area contributed by atoms with Crippen LogP contribution in [0.15, 0.2) is 12.7 Å². The van der Waals surface area contributed by atoms with Gasteiger partial charge in [-0.25, -0.2) is 0 Å². The van der Waals surface area contributed by atoms with Crippen LogP contribution >= 0.6 is 11.3 Å². The highest BCUT2D eigenvalue weighted by Crippen LogP contribution is 2.37. The van der Waals surface area contributed by atoms with E-state index in [0.29, 0.717) is 28.0 Å². The number of amides is 1. The zero-order valence-electron chi connectivity index (χ0n) is 10.5. The summed E-state index contributed by atoms with van der Waals surface area (Å²) in [7, 11) is 0. The Morgan fingerprint density at radius 2 is 2.37 bits per heavy atom. The lowest BCUT2D eigenvalue weighted by Gasteiger charge is -2.26. The molecule has 1 aliphatic carbocycles. The molecule has 1 aromatic heterocycles. The molecule has 0 atom stereocenters. The number of rotatable bonds is 5. The predicted molar refractivity (Wildman–Crippen MR) is 77.2 cm³/mol. The Hall–Kier alpha value is -2.00. The fourth-order valence-electron chi connectivity index (χ4n) is 1.81. The topological polar surface area (TPSA) is 90.9 Å². The molecule has 1 fully saturated rings. The van der Waals surface area contributed by atoms with E-state index in [1.807, 2.05) is 0 Å². The van der Waals surface area contributed by atoms with Gasteiger partial charge in [0.05, 0.1) is 5.69 Å². The van der Waals surface area contributed by atoms with Crippen LogP contribution in [-0.4, -0.2) is 18.5 Å². The second-order valence-corrected chi connectivity index (χ2v) is 5.45. The van der Waals surface area contributed by atoms with Crippen LogP contribution in [0.25, 0.3) is 0 Å². The monoisotopic (exact) mass is 276 g/mol. The highest BCUT2D eigenvalue weighted by Gasteiger charge is 2.24. The maximum atomic E-state index is 11.9. The molecule has 0 saturated heterocycles. The van der Waals surface area contributed by atoms with Gasteiger partial charge in [-0.2, -0.15) is 5.26 Å². The number of thiophene rings is 1. The van der Waals surface area contributed by atoms with Gasteiger partial charge in [0.25, 0.3) is 5.91 Å². The lowest BCUT2D eigenvalue weighted by Crippen LogP contribution is -2.26. The molecule has 0 spiro atoms. The first-order chi connectivity index (χ1) is 9.17. The van der Waals surface area contributed by atoms with Gasteiger partial charge in [-0.1, -0.05) is 6.08 Å². The smallest absolute Gasteiger partial charge is 0.263 e. The van der Waals surface area contributed by atoms with E-state index < -0.39 is 0 Å². The molecule has 0 unspecified atom stereocenters. The minimum Gasteiger partial charge on any atom is -0.396 e. The summed E-state index contributed by atoms with van der Waals surface area (Å²) in [6.45, 7) is 3.92. The highest BCUT2D eigenvalue weighted by molar-refractivity contribution is 7.19. The van der Waals surface area contributed by atoms with Gasteiger partial charge in [-0.05, 0) is 19.3 Å². The summed E-state index contributed by atoms with van der Waals surface area (Å²) in [4.78, 5) is 12.3. The van der Waals surface area contributed by atoms with E-state index in [9.17, 15) is 4.79 Å². The first kappa shape index (κ1) is 13.4. The van der Waals surface area contributed by atoms with Crippen LogP contribution in [0.2, 0.25) is 0 Å². The summed E-state index contributed by atoms with van der Waals surface area (Å²) in [5.41, 5.74) is 6.52. The zero-order chi connectivity index (χ0) is 13.8. The van der Waals surface area contributed by atoms with Crippen molar-refractivity contribution in [3.8, 4) is 6.07 Å². The fourth-order valence-corrected chi connectivity index (χ4v) is 2.87. The van der Waals surface area contributed by atoms with E-state index in [1.54, 1.807) is 6.08 Å². The van der Waals surface area contributed by atoms with E-state index in [-0.39, 0.29) is 11.6 Å². The molecule has 4 N–H and O–H groups in total. The molecule has 1 aromatic rings. The minimum absolute atomic E-state index is 0.260. The molecule has 6 heteroatoms. The van der Waals surface area contributed by atoms with Gasteiger partial charge in [-0.3, -0.25) is 4.79 Å². The van der Waals surface area contributed by atoms with Crippen LogP contribution < -0.4 is 16.4 Å². The summed E-state index contributed by atoms with van der Waals surface area (Å²) in [6.07, 6.45) is 4.99. The molecule has 0 radical (unpaired) electrons. The summed E-state index contributed by atoms with van der Waals surface area (Å²) in [5.74, 6) is -0.263. The average molecular weight is 276 g/mol. The van der Waals surface area contributed by atoms with Gasteiger partial charge < -0.3 is 16.4 Å². The average Bonchev–Trinajstić information content (AvgIpc) is 2.67. The molecule has 1 aliphatic rings. The van der Waals surface area contributed by atoms with E-state index in [4.69, 9.17) is 11.0 Å². The van der Waals surface area contributed by atoms with E-state index in [2.05, 4.69) is 23.3 Å². The Morgan fingerprint density at radius 1 is 1.63 bits per heavy atom. The molecule has 0 aromatic carbocycles. The van der Waals surface area contributed by atoms with E-state index in [1.165, 1.54) is 17.8 Å². The third kappa shape index (κ3) is 2.71. The number of nitriles is 1. The lowest BCUT2D eigenvalue weighted by molar-refractivity contribution is 0.0963. The van der Waals surface area contributed by atoms with Crippen LogP contribution in [0, 0.1) is 11.3 Å². The summed E-state index contributed by atoms with van der Waals surface area (Å²) >= 11 is 1.24. The van der Waals surface area contributed by atoms with Crippen molar-refractivity contribution in [2.45, 2.75) is 25.3 Å². The van der Waals surface area contributed by atoms with Crippen LogP contribution in [-0.2, 0) is 0 Å². The largest absolute Gasteiger partial charge is 0.396 e. The second-order valence-electron chi connectivity index (χ2n) is 4.43. The van der Waals surface area contributed by atoms with Crippen molar-refractivity contribution in [3.63, 3.8) is 0 Å². The molecule has 1 heterocycles. The van der Waals surface area contributed by atoms with E-state index >= 15 is 0 Å². The Balaban J connectivity index is 2.22. The summed E-state index contributed by atoms with van der Waals surface area (Å²) in [6, 6.07) is 2.47. The molecule has 1 amide bonds. The third-order valence-corrected chi connectivity index (χ3v) is 4.25. The normalized spacial score (nSPS) is 14.3. The van der Waals surface area contributed by atoms with Crippen molar-refractivity contribution in [2.75, 3.05) is 17.6 Å². The Kier molecular flexibility index (Phi) is 4.07. The maximum Gasteiger partial charge on any atom is 0.263 e. The zero-order valence-corrected chi connectivity index (χ0v) is 11.3. The Bertz CT molecular complexity index is 540. The van der Waals surface area contributed by atoms with Gasteiger partial charge >= 0.3 is 0 Å². The molecule has 2 rings (SSSR count). The number of hydrogen-bond acceptors (Lipinski definition) is 5. The summed E-state index contributed by atoms with van der Waals surface area (Å²) in [5, 5.41) is 15.8. The predicted octanol–water partition coefficient (Wildman–Crippen LogP) is 2.08. The molecule has 100 valence electrons. The first-order valence-corrected chi connectivity index (χ1v) is 6.97.